The zero-order chi connectivity index (χ0) is 15.6. The van der Waals surface area contributed by atoms with Crippen molar-refractivity contribution in [3.63, 3.8) is 0 Å². The molecule has 0 saturated carbocycles. The van der Waals surface area contributed by atoms with Gasteiger partial charge < -0.3 is 5.73 Å². The van der Waals surface area contributed by atoms with E-state index in [1.807, 2.05) is 0 Å². The summed E-state index contributed by atoms with van der Waals surface area (Å²) in [4.78, 5) is -0.133. The summed E-state index contributed by atoms with van der Waals surface area (Å²) in [6.45, 7) is 1.26. The van der Waals surface area contributed by atoms with Crippen LogP contribution in [0.15, 0.2) is 23.1 Å². The molecular weight excluding hydrogens is 293 g/mol. The van der Waals surface area contributed by atoms with Crippen LogP contribution in [-0.2, 0) is 16.6 Å². The molecular formula is C12H17F3N2O2S. The fourth-order valence-electron chi connectivity index (χ4n) is 1.76. The number of hydrogen-bond donors (Lipinski definition) is 1. The average molecular weight is 310 g/mol. The minimum Gasteiger partial charge on any atom is -0.326 e. The lowest BCUT2D eigenvalue weighted by molar-refractivity contribution is -0.135. The lowest BCUT2D eigenvalue weighted by Crippen LogP contribution is -2.39. The van der Waals surface area contributed by atoms with Gasteiger partial charge >= 0.3 is 6.18 Å². The Labute approximate surface area is 116 Å². The van der Waals surface area contributed by atoms with Gasteiger partial charge in [-0.05, 0) is 24.1 Å². The molecule has 0 aliphatic heterocycles. The summed E-state index contributed by atoms with van der Waals surface area (Å²) in [6.07, 6.45) is -4.58. The first kappa shape index (κ1) is 16.9. The number of nitrogens with zero attached hydrogens (tertiary/aromatic N) is 1. The van der Waals surface area contributed by atoms with Gasteiger partial charge in [0.2, 0.25) is 10.0 Å². The van der Waals surface area contributed by atoms with Crippen LogP contribution in [0.2, 0.25) is 0 Å². The maximum Gasteiger partial charge on any atom is 0.402 e. The maximum atomic E-state index is 12.5. The van der Waals surface area contributed by atoms with Crippen LogP contribution in [0.3, 0.4) is 0 Å². The molecule has 2 N–H and O–H groups in total. The zero-order valence-corrected chi connectivity index (χ0v) is 12.1. The molecule has 114 valence electrons. The minimum atomic E-state index is -4.58. The summed E-state index contributed by atoms with van der Waals surface area (Å²) in [7, 11) is -4.19. The first-order chi connectivity index (χ1) is 9.11. The van der Waals surface area contributed by atoms with E-state index in [9.17, 15) is 21.6 Å². The Morgan fingerprint density at radius 3 is 2.35 bits per heavy atom. The second-order valence-electron chi connectivity index (χ2n) is 4.35. The van der Waals surface area contributed by atoms with Gasteiger partial charge in [-0.2, -0.15) is 17.5 Å². The Kier molecular flexibility index (Phi) is 5.17. The van der Waals surface area contributed by atoms with Crippen LogP contribution in [0.1, 0.15) is 18.1 Å². The summed E-state index contributed by atoms with van der Waals surface area (Å²) >= 11 is 0. The molecule has 0 aliphatic rings. The maximum absolute atomic E-state index is 12.5. The number of aryl methyl sites for hydroxylation is 1. The lowest BCUT2D eigenvalue weighted by atomic mass is 10.1. The Balaban J connectivity index is 3.27. The van der Waals surface area contributed by atoms with E-state index < -0.39 is 22.7 Å². The SMILES string of the molecule is CCN(CC(F)(F)F)S(=O)(=O)c1cc(CN)ccc1C. The molecule has 0 saturated heterocycles. The largest absolute Gasteiger partial charge is 0.402 e. The van der Waals surface area contributed by atoms with Crippen LogP contribution in [0.25, 0.3) is 0 Å². The van der Waals surface area contributed by atoms with E-state index in [0.29, 0.717) is 15.4 Å². The van der Waals surface area contributed by atoms with Crippen LogP contribution < -0.4 is 5.73 Å². The quantitative estimate of drug-likeness (QED) is 0.905. The van der Waals surface area contributed by atoms with Crippen LogP contribution in [0.5, 0.6) is 0 Å². The molecule has 0 radical (unpaired) electrons. The Morgan fingerprint density at radius 1 is 1.30 bits per heavy atom. The van der Waals surface area contributed by atoms with Gasteiger partial charge in [0, 0.05) is 13.1 Å². The molecule has 1 rings (SSSR count). The Morgan fingerprint density at radius 2 is 1.90 bits per heavy atom. The highest BCUT2D eigenvalue weighted by Gasteiger charge is 2.36. The molecule has 20 heavy (non-hydrogen) atoms. The molecule has 1 aromatic carbocycles. The predicted molar refractivity (Wildman–Crippen MR) is 69.6 cm³/mol. The van der Waals surface area contributed by atoms with E-state index in [4.69, 9.17) is 5.73 Å². The topological polar surface area (TPSA) is 63.4 Å². The fourth-order valence-corrected chi connectivity index (χ4v) is 3.46. The van der Waals surface area contributed by atoms with Crippen molar-refractivity contribution >= 4 is 10.0 Å². The minimum absolute atomic E-state index is 0.119. The van der Waals surface area contributed by atoms with Crippen molar-refractivity contribution in [1.29, 1.82) is 0 Å². The number of nitrogens with two attached hydrogens (primary N) is 1. The summed E-state index contributed by atoms with van der Waals surface area (Å²) in [5, 5.41) is 0. The van der Waals surface area contributed by atoms with E-state index in [1.54, 1.807) is 6.07 Å². The van der Waals surface area contributed by atoms with Gasteiger partial charge in [-0.3, -0.25) is 0 Å². The standard InChI is InChI=1S/C12H17F3N2O2S/c1-3-17(8-12(13,14)15)20(18,19)11-6-10(7-16)5-4-9(11)2/h4-6H,3,7-8,16H2,1-2H3. The van der Waals surface area contributed by atoms with Crippen molar-refractivity contribution in [1.82, 2.24) is 4.31 Å². The van der Waals surface area contributed by atoms with Gasteiger partial charge in [0.15, 0.2) is 0 Å². The second-order valence-corrected chi connectivity index (χ2v) is 6.26. The molecule has 0 bridgehead atoms. The van der Waals surface area contributed by atoms with Crippen LogP contribution >= 0.6 is 0 Å². The van der Waals surface area contributed by atoms with Crippen molar-refractivity contribution in [3.8, 4) is 0 Å². The van der Waals surface area contributed by atoms with Gasteiger partial charge in [-0.15, -0.1) is 0 Å². The van der Waals surface area contributed by atoms with Gasteiger partial charge in [0.25, 0.3) is 0 Å². The van der Waals surface area contributed by atoms with E-state index in [1.165, 1.54) is 26.0 Å². The number of hydrogen-bond acceptors (Lipinski definition) is 3. The van der Waals surface area contributed by atoms with E-state index in [2.05, 4.69) is 0 Å². The van der Waals surface area contributed by atoms with Crippen molar-refractivity contribution in [2.45, 2.75) is 31.5 Å². The fraction of sp³-hybridized carbons (Fsp3) is 0.500. The Hall–Kier alpha value is -1.12. The van der Waals surface area contributed by atoms with Gasteiger partial charge in [0.1, 0.15) is 6.54 Å². The first-order valence-corrected chi connectivity index (χ1v) is 7.42. The molecule has 8 heteroatoms. The van der Waals surface area contributed by atoms with Crippen molar-refractivity contribution in [2.75, 3.05) is 13.1 Å². The van der Waals surface area contributed by atoms with Gasteiger partial charge in [0.05, 0.1) is 4.90 Å². The zero-order valence-electron chi connectivity index (χ0n) is 11.2. The highest BCUT2D eigenvalue weighted by Crippen LogP contribution is 2.25. The van der Waals surface area contributed by atoms with Crippen LogP contribution in [0, 0.1) is 6.92 Å². The van der Waals surface area contributed by atoms with Gasteiger partial charge in [-0.1, -0.05) is 19.1 Å². The van der Waals surface area contributed by atoms with E-state index >= 15 is 0 Å². The lowest BCUT2D eigenvalue weighted by Gasteiger charge is -2.23. The number of sulfonamides is 1. The van der Waals surface area contributed by atoms with E-state index in [-0.39, 0.29) is 18.0 Å². The smallest absolute Gasteiger partial charge is 0.326 e. The molecule has 0 aromatic heterocycles. The Bertz CT molecular complexity index is 571. The normalized spacial score (nSPS) is 12.9. The van der Waals surface area contributed by atoms with Gasteiger partial charge in [-0.25, -0.2) is 8.42 Å². The summed E-state index contributed by atoms with van der Waals surface area (Å²) < 4.78 is 62.4. The molecule has 0 unspecified atom stereocenters. The summed E-state index contributed by atoms with van der Waals surface area (Å²) in [5.41, 5.74) is 6.38. The van der Waals surface area contributed by atoms with Crippen LogP contribution in [0.4, 0.5) is 13.2 Å². The number of benzene rings is 1. The summed E-state index contributed by atoms with van der Waals surface area (Å²) in [5.74, 6) is 0. The molecule has 1 aromatic rings. The van der Waals surface area contributed by atoms with Crippen LogP contribution in [-0.4, -0.2) is 32.0 Å². The highest BCUT2D eigenvalue weighted by molar-refractivity contribution is 7.89. The van der Waals surface area contributed by atoms with Crippen molar-refractivity contribution in [3.05, 3.63) is 29.3 Å². The molecule has 0 heterocycles. The molecule has 0 aliphatic carbocycles. The third-order valence-corrected chi connectivity index (χ3v) is 4.88. The molecule has 0 fully saturated rings. The number of rotatable bonds is 5. The average Bonchev–Trinajstić information content (AvgIpc) is 2.35. The molecule has 4 nitrogen and oxygen atoms in total. The molecule has 0 atom stereocenters. The monoisotopic (exact) mass is 310 g/mol. The number of halogens is 3. The second kappa shape index (κ2) is 6.11. The molecule has 0 amide bonds. The third kappa shape index (κ3) is 3.94. The summed E-state index contributed by atoms with van der Waals surface area (Å²) in [6, 6.07) is 4.51. The van der Waals surface area contributed by atoms with Crippen molar-refractivity contribution < 1.29 is 21.6 Å². The predicted octanol–water partition coefficient (Wildman–Crippen LogP) is 2.03. The first-order valence-electron chi connectivity index (χ1n) is 5.98. The molecule has 0 spiro atoms. The van der Waals surface area contributed by atoms with E-state index in [0.717, 1.165) is 0 Å². The highest BCUT2D eigenvalue weighted by atomic mass is 32.2. The number of alkyl halides is 3. The third-order valence-electron chi connectivity index (χ3n) is 2.81. The van der Waals surface area contributed by atoms with Crippen molar-refractivity contribution in [2.24, 2.45) is 5.73 Å².